The van der Waals surface area contributed by atoms with Crippen LogP contribution in [0.15, 0.2) is 12.1 Å². The number of nitrogens with two attached hydrogens (primary N) is 1. The molecule has 0 aliphatic rings. The van der Waals surface area contributed by atoms with Gasteiger partial charge in [0.2, 0.25) is 0 Å². The molecule has 1 aromatic rings. The lowest BCUT2D eigenvalue weighted by molar-refractivity contribution is -0.385. The zero-order valence-corrected chi connectivity index (χ0v) is 7.90. The van der Waals surface area contributed by atoms with E-state index in [1.54, 1.807) is 6.92 Å². The second kappa shape index (κ2) is 3.45. The third-order valence-electron chi connectivity index (χ3n) is 1.96. The van der Waals surface area contributed by atoms with Crippen molar-refractivity contribution in [3.8, 4) is 0 Å². The number of carbonyl (C=O) groups excluding carboxylic acids is 1. The average molecular weight is 194 g/mol. The Labute approximate surface area is 80.7 Å². The highest BCUT2D eigenvalue weighted by Gasteiger charge is 2.18. The zero-order valence-electron chi connectivity index (χ0n) is 7.90. The molecule has 0 heterocycles. The van der Waals surface area contributed by atoms with Gasteiger partial charge in [-0.2, -0.15) is 0 Å². The van der Waals surface area contributed by atoms with Crippen molar-refractivity contribution in [1.82, 2.24) is 0 Å². The molecule has 1 aromatic carbocycles. The van der Waals surface area contributed by atoms with Crippen LogP contribution in [0.25, 0.3) is 0 Å². The molecule has 0 spiro atoms. The van der Waals surface area contributed by atoms with Crippen LogP contribution >= 0.6 is 0 Å². The highest BCUT2D eigenvalue weighted by molar-refractivity contribution is 5.99. The van der Waals surface area contributed by atoms with E-state index in [1.807, 2.05) is 0 Å². The largest absolute Gasteiger partial charge is 0.398 e. The number of hydrogen-bond donors (Lipinski definition) is 1. The second-order valence-corrected chi connectivity index (χ2v) is 3.04. The molecule has 5 nitrogen and oxygen atoms in total. The number of aryl methyl sites for hydroxylation is 1. The first kappa shape index (κ1) is 10.2. The fourth-order valence-electron chi connectivity index (χ4n) is 1.14. The van der Waals surface area contributed by atoms with Crippen LogP contribution in [0.5, 0.6) is 0 Å². The molecule has 0 radical (unpaired) electrons. The molecule has 0 aromatic heterocycles. The van der Waals surface area contributed by atoms with E-state index in [1.165, 1.54) is 19.1 Å². The van der Waals surface area contributed by atoms with E-state index < -0.39 is 4.92 Å². The van der Waals surface area contributed by atoms with Crippen molar-refractivity contribution in [2.75, 3.05) is 5.73 Å². The predicted octanol–water partition coefficient (Wildman–Crippen LogP) is 1.69. The maximum Gasteiger partial charge on any atom is 0.280 e. The summed E-state index contributed by atoms with van der Waals surface area (Å²) in [6, 6.07) is 2.65. The maximum atomic E-state index is 11.1. The first-order valence-electron chi connectivity index (χ1n) is 3.99. The smallest absolute Gasteiger partial charge is 0.280 e. The van der Waals surface area contributed by atoms with Gasteiger partial charge in [0.25, 0.3) is 5.69 Å². The lowest BCUT2D eigenvalue weighted by atomic mass is 10.1. The molecular weight excluding hydrogens is 184 g/mol. The summed E-state index contributed by atoms with van der Waals surface area (Å²) in [5.74, 6) is -0.358. The van der Waals surface area contributed by atoms with E-state index in [0.29, 0.717) is 11.3 Å². The summed E-state index contributed by atoms with van der Waals surface area (Å²) >= 11 is 0. The van der Waals surface area contributed by atoms with Gasteiger partial charge in [-0.1, -0.05) is 0 Å². The average Bonchev–Trinajstić information content (AvgIpc) is 2.08. The minimum atomic E-state index is -0.580. The van der Waals surface area contributed by atoms with Crippen LogP contribution < -0.4 is 5.73 Å². The molecule has 0 fully saturated rings. The molecule has 0 atom stereocenters. The normalized spacial score (nSPS) is 9.86. The first-order chi connectivity index (χ1) is 6.43. The van der Waals surface area contributed by atoms with Crippen LogP contribution in [0.2, 0.25) is 0 Å². The van der Waals surface area contributed by atoms with Crippen molar-refractivity contribution in [2.45, 2.75) is 13.8 Å². The van der Waals surface area contributed by atoms with Crippen molar-refractivity contribution < 1.29 is 9.72 Å². The molecule has 0 aliphatic carbocycles. The van der Waals surface area contributed by atoms with Crippen molar-refractivity contribution >= 4 is 17.2 Å². The monoisotopic (exact) mass is 194 g/mol. The number of nitro groups is 1. The number of benzene rings is 1. The third-order valence-corrected chi connectivity index (χ3v) is 1.96. The van der Waals surface area contributed by atoms with Crippen LogP contribution in [0, 0.1) is 17.0 Å². The van der Waals surface area contributed by atoms with Crippen LogP contribution in [0.4, 0.5) is 11.4 Å². The Morgan fingerprint density at radius 1 is 1.50 bits per heavy atom. The highest BCUT2D eigenvalue weighted by Crippen LogP contribution is 2.24. The molecule has 1 rings (SSSR count). The van der Waals surface area contributed by atoms with Gasteiger partial charge in [0.15, 0.2) is 5.78 Å². The molecule has 0 bridgehead atoms. The maximum absolute atomic E-state index is 11.1. The lowest BCUT2D eigenvalue weighted by Gasteiger charge is -2.03. The van der Waals surface area contributed by atoms with E-state index in [4.69, 9.17) is 5.73 Å². The molecular formula is C9H10N2O3. The van der Waals surface area contributed by atoms with Gasteiger partial charge in [0.05, 0.1) is 10.5 Å². The second-order valence-electron chi connectivity index (χ2n) is 3.04. The Morgan fingerprint density at radius 3 is 2.50 bits per heavy atom. The van der Waals surface area contributed by atoms with Crippen molar-refractivity contribution in [3.05, 3.63) is 33.4 Å². The summed E-state index contributed by atoms with van der Waals surface area (Å²) in [7, 11) is 0. The van der Waals surface area contributed by atoms with E-state index in [9.17, 15) is 14.9 Å². The van der Waals surface area contributed by atoms with E-state index in [0.717, 1.165) is 0 Å². The first-order valence-corrected chi connectivity index (χ1v) is 3.99. The summed E-state index contributed by atoms with van der Waals surface area (Å²) < 4.78 is 0. The fraction of sp³-hybridized carbons (Fsp3) is 0.222. The van der Waals surface area contributed by atoms with Gasteiger partial charge in [0, 0.05) is 11.8 Å². The Kier molecular flexibility index (Phi) is 2.51. The number of rotatable bonds is 2. The summed E-state index contributed by atoms with van der Waals surface area (Å²) in [5.41, 5.74) is 6.40. The standard InChI is InChI=1S/C9H10N2O3/c1-5-3-9(11(13)14)7(6(2)12)4-8(5)10/h3-4H,10H2,1-2H3. The number of nitrogen functional groups attached to an aromatic ring is 1. The zero-order chi connectivity index (χ0) is 10.9. The van der Waals surface area contributed by atoms with Gasteiger partial charge in [0.1, 0.15) is 0 Å². The van der Waals surface area contributed by atoms with E-state index >= 15 is 0 Å². The number of ketones is 1. The van der Waals surface area contributed by atoms with Gasteiger partial charge in [-0.05, 0) is 25.5 Å². The number of nitro benzene ring substituents is 1. The molecule has 0 unspecified atom stereocenters. The van der Waals surface area contributed by atoms with Gasteiger partial charge in [-0.3, -0.25) is 14.9 Å². The molecule has 5 heteroatoms. The number of nitrogens with zero attached hydrogens (tertiary/aromatic N) is 1. The van der Waals surface area contributed by atoms with Crippen LogP contribution in [-0.2, 0) is 0 Å². The van der Waals surface area contributed by atoms with Crippen LogP contribution in [-0.4, -0.2) is 10.7 Å². The fourth-order valence-corrected chi connectivity index (χ4v) is 1.14. The van der Waals surface area contributed by atoms with Gasteiger partial charge < -0.3 is 5.73 Å². The molecule has 0 amide bonds. The summed E-state index contributed by atoms with van der Waals surface area (Å²) in [6.07, 6.45) is 0. The van der Waals surface area contributed by atoms with Crippen LogP contribution in [0.1, 0.15) is 22.8 Å². The molecule has 14 heavy (non-hydrogen) atoms. The third kappa shape index (κ3) is 1.71. The van der Waals surface area contributed by atoms with Gasteiger partial charge in [-0.15, -0.1) is 0 Å². The van der Waals surface area contributed by atoms with Gasteiger partial charge >= 0.3 is 0 Å². The Hall–Kier alpha value is -1.91. The Balaban J connectivity index is 3.46. The molecule has 0 saturated heterocycles. The molecule has 2 N–H and O–H groups in total. The summed E-state index contributed by atoms with van der Waals surface area (Å²) in [4.78, 5) is 21.1. The molecule has 0 aliphatic heterocycles. The number of carbonyl (C=O) groups is 1. The number of anilines is 1. The Bertz CT molecular complexity index is 374. The highest BCUT2D eigenvalue weighted by atomic mass is 16.6. The molecule has 74 valence electrons. The van der Waals surface area contributed by atoms with Crippen molar-refractivity contribution in [1.29, 1.82) is 0 Å². The lowest BCUT2D eigenvalue weighted by Crippen LogP contribution is -2.03. The topological polar surface area (TPSA) is 86.2 Å². The number of Topliss-reactive ketones (excluding diaryl/α,β-unsaturated/α-hetero) is 1. The quantitative estimate of drug-likeness (QED) is 0.336. The van der Waals surface area contributed by atoms with E-state index in [-0.39, 0.29) is 17.0 Å². The van der Waals surface area contributed by atoms with Crippen LogP contribution in [0.3, 0.4) is 0 Å². The van der Waals surface area contributed by atoms with E-state index in [2.05, 4.69) is 0 Å². The minimum absolute atomic E-state index is 0.0538. The molecule has 0 saturated carbocycles. The summed E-state index contributed by atoms with van der Waals surface area (Å²) in [5, 5.41) is 10.6. The van der Waals surface area contributed by atoms with Crippen molar-refractivity contribution in [2.24, 2.45) is 0 Å². The predicted molar refractivity (Wildman–Crippen MR) is 52.3 cm³/mol. The SMILES string of the molecule is CC(=O)c1cc(N)c(C)cc1[N+](=O)[O-]. The number of hydrogen-bond acceptors (Lipinski definition) is 4. The van der Waals surface area contributed by atoms with Gasteiger partial charge in [-0.25, -0.2) is 0 Å². The minimum Gasteiger partial charge on any atom is -0.398 e. The summed E-state index contributed by atoms with van der Waals surface area (Å²) in [6.45, 7) is 2.93. The Morgan fingerprint density at radius 2 is 2.07 bits per heavy atom. The van der Waals surface area contributed by atoms with Crippen molar-refractivity contribution in [3.63, 3.8) is 0 Å².